The highest BCUT2D eigenvalue weighted by Gasteiger charge is 2.68. The second-order valence-corrected chi connectivity index (χ2v) is 4.21. The zero-order valence-electron chi connectivity index (χ0n) is 8.43. The largest absolute Gasteiger partial charge is 0.478 e. The van der Waals surface area contributed by atoms with Crippen LogP contribution in [0.25, 0.3) is 0 Å². The Hall–Kier alpha value is -1.52. The van der Waals surface area contributed by atoms with Gasteiger partial charge >= 0.3 is 5.97 Å². The van der Waals surface area contributed by atoms with Crippen molar-refractivity contribution in [3.05, 3.63) is 35.1 Å². The number of rotatable bonds is 2. The number of benzene rings is 1. The molecule has 1 aliphatic rings. The van der Waals surface area contributed by atoms with Crippen molar-refractivity contribution in [1.82, 2.24) is 0 Å². The van der Waals surface area contributed by atoms with E-state index in [0.29, 0.717) is 0 Å². The summed E-state index contributed by atoms with van der Waals surface area (Å²) in [6.07, 6.45) is -0.328. The number of carboxylic acid groups (broad SMARTS) is 1. The molecule has 0 aliphatic heterocycles. The fraction of sp³-hybridized carbons (Fsp3) is 0.364. The molecule has 1 fully saturated rings. The smallest absolute Gasteiger partial charge is 0.338 e. The summed E-state index contributed by atoms with van der Waals surface area (Å²) >= 11 is 0. The molecule has 0 radical (unpaired) electrons. The van der Waals surface area contributed by atoms with E-state index in [-0.39, 0.29) is 12.0 Å². The standard InChI is InChI=1S/C11H9F3O2/c1-10(5-11(10,13)14)6-2-3-7(9(15)16)8(12)4-6/h2-4H,5H2,1H3,(H,15,16). The highest BCUT2D eigenvalue weighted by Crippen LogP contribution is 2.61. The number of hydrogen-bond donors (Lipinski definition) is 1. The van der Waals surface area contributed by atoms with Crippen molar-refractivity contribution >= 4 is 5.97 Å². The lowest BCUT2D eigenvalue weighted by atomic mass is 9.96. The number of alkyl halides is 2. The first kappa shape index (κ1) is 11.0. The predicted octanol–water partition coefficient (Wildman–Crippen LogP) is 2.82. The molecule has 1 aromatic rings. The Morgan fingerprint density at radius 1 is 1.44 bits per heavy atom. The topological polar surface area (TPSA) is 37.3 Å². The maximum absolute atomic E-state index is 13.3. The van der Waals surface area contributed by atoms with E-state index in [0.717, 1.165) is 12.1 Å². The van der Waals surface area contributed by atoms with Crippen LogP contribution in [-0.2, 0) is 5.41 Å². The van der Waals surface area contributed by atoms with E-state index in [9.17, 15) is 18.0 Å². The predicted molar refractivity (Wildman–Crippen MR) is 50.3 cm³/mol. The van der Waals surface area contributed by atoms with E-state index < -0.39 is 28.7 Å². The third-order valence-corrected chi connectivity index (χ3v) is 3.09. The molecule has 1 unspecified atom stereocenters. The molecule has 0 bridgehead atoms. The summed E-state index contributed by atoms with van der Waals surface area (Å²) in [5, 5.41) is 8.59. The van der Waals surface area contributed by atoms with Gasteiger partial charge in [-0.2, -0.15) is 0 Å². The molecule has 1 aliphatic carbocycles. The molecule has 5 heteroatoms. The van der Waals surface area contributed by atoms with Crippen molar-refractivity contribution in [1.29, 1.82) is 0 Å². The number of carbonyl (C=O) groups is 1. The van der Waals surface area contributed by atoms with E-state index in [1.807, 2.05) is 0 Å². The van der Waals surface area contributed by atoms with Gasteiger partial charge in [-0.3, -0.25) is 0 Å². The fourth-order valence-electron chi connectivity index (χ4n) is 1.74. The van der Waals surface area contributed by atoms with Crippen LogP contribution >= 0.6 is 0 Å². The lowest BCUT2D eigenvalue weighted by Gasteiger charge is -2.11. The van der Waals surface area contributed by atoms with Gasteiger partial charge < -0.3 is 5.11 Å². The first-order chi connectivity index (χ1) is 7.28. The van der Waals surface area contributed by atoms with Crippen molar-refractivity contribution in [3.8, 4) is 0 Å². The highest BCUT2D eigenvalue weighted by molar-refractivity contribution is 5.88. The van der Waals surface area contributed by atoms with Crippen LogP contribution in [0.3, 0.4) is 0 Å². The third kappa shape index (κ3) is 1.38. The molecule has 1 aromatic carbocycles. The molecular formula is C11H9F3O2. The second kappa shape index (κ2) is 2.99. The minimum Gasteiger partial charge on any atom is -0.478 e. The van der Waals surface area contributed by atoms with E-state index in [1.165, 1.54) is 13.0 Å². The van der Waals surface area contributed by atoms with E-state index >= 15 is 0 Å². The fourth-order valence-corrected chi connectivity index (χ4v) is 1.74. The molecule has 0 spiro atoms. The summed E-state index contributed by atoms with van der Waals surface area (Å²) in [5.74, 6) is -5.21. The zero-order chi connectivity index (χ0) is 12.1. The van der Waals surface area contributed by atoms with Crippen LogP contribution in [0.15, 0.2) is 18.2 Å². The summed E-state index contributed by atoms with van der Waals surface area (Å²) in [4.78, 5) is 10.5. The van der Waals surface area contributed by atoms with Gasteiger partial charge in [-0.1, -0.05) is 6.07 Å². The minimum absolute atomic E-state index is 0.139. The molecule has 0 heterocycles. The summed E-state index contributed by atoms with van der Waals surface area (Å²) < 4.78 is 39.3. The van der Waals surface area contributed by atoms with Gasteiger partial charge in [-0.15, -0.1) is 0 Å². The van der Waals surface area contributed by atoms with Crippen LogP contribution in [0.4, 0.5) is 13.2 Å². The normalized spacial score (nSPS) is 26.5. The van der Waals surface area contributed by atoms with Gasteiger partial charge in [0, 0.05) is 6.42 Å². The Morgan fingerprint density at radius 3 is 2.38 bits per heavy atom. The molecular weight excluding hydrogens is 221 g/mol. The zero-order valence-corrected chi connectivity index (χ0v) is 8.43. The molecule has 1 atom stereocenters. The highest BCUT2D eigenvalue weighted by atomic mass is 19.3. The van der Waals surface area contributed by atoms with E-state index in [1.54, 1.807) is 0 Å². The van der Waals surface area contributed by atoms with E-state index in [4.69, 9.17) is 5.11 Å². The Kier molecular flexibility index (Phi) is 2.05. The Labute approximate surface area is 89.7 Å². The minimum atomic E-state index is -2.83. The van der Waals surface area contributed by atoms with Gasteiger partial charge in [0.15, 0.2) is 0 Å². The SMILES string of the molecule is CC1(c2ccc(C(=O)O)c(F)c2)CC1(F)F. The van der Waals surface area contributed by atoms with Gasteiger partial charge in [0.25, 0.3) is 5.92 Å². The maximum Gasteiger partial charge on any atom is 0.338 e. The van der Waals surface area contributed by atoms with Crippen LogP contribution < -0.4 is 0 Å². The average Bonchev–Trinajstić information content (AvgIpc) is 2.66. The third-order valence-electron chi connectivity index (χ3n) is 3.09. The summed E-state index contributed by atoms with van der Waals surface area (Å²) in [6, 6.07) is 3.14. The van der Waals surface area contributed by atoms with Gasteiger partial charge in [-0.05, 0) is 24.6 Å². The lowest BCUT2D eigenvalue weighted by molar-refractivity contribution is 0.0692. The van der Waals surface area contributed by atoms with Crippen molar-refractivity contribution in [2.75, 3.05) is 0 Å². The van der Waals surface area contributed by atoms with Crippen molar-refractivity contribution in [2.24, 2.45) is 0 Å². The van der Waals surface area contributed by atoms with E-state index in [2.05, 4.69) is 0 Å². The molecule has 0 saturated heterocycles. The van der Waals surface area contributed by atoms with Crippen LogP contribution in [0, 0.1) is 5.82 Å². The summed E-state index contributed by atoms with van der Waals surface area (Å²) in [5.41, 5.74) is -1.72. The summed E-state index contributed by atoms with van der Waals surface area (Å²) in [7, 11) is 0. The maximum atomic E-state index is 13.3. The quantitative estimate of drug-likeness (QED) is 0.848. The first-order valence-corrected chi connectivity index (χ1v) is 4.69. The van der Waals surface area contributed by atoms with Crippen LogP contribution in [0.2, 0.25) is 0 Å². The van der Waals surface area contributed by atoms with Gasteiger partial charge in [0.05, 0.1) is 11.0 Å². The Morgan fingerprint density at radius 2 is 2.00 bits per heavy atom. The lowest BCUT2D eigenvalue weighted by Crippen LogP contribution is -2.13. The molecule has 0 amide bonds. The molecule has 1 N–H and O–H groups in total. The second-order valence-electron chi connectivity index (χ2n) is 4.21. The monoisotopic (exact) mass is 230 g/mol. The average molecular weight is 230 g/mol. The Bertz CT molecular complexity index is 470. The molecule has 2 nitrogen and oxygen atoms in total. The number of hydrogen-bond acceptors (Lipinski definition) is 1. The van der Waals surface area contributed by atoms with Crippen molar-refractivity contribution in [2.45, 2.75) is 24.7 Å². The number of aromatic carboxylic acids is 1. The van der Waals surface area contributed by atoms with Gasteiger partial charge in [0.2, 0.25) is 0 Å². The molecule has 86 valence electrons. The van der Waals surface area contributed by atoms with Crippen LogP contribution in [0.5, 0.6) is 0 Å². The molecule has 1 saturated carbocycles. The van der Waals surface area contributed by atoms with Crippen LogP contribution in [0.1, 0.15) is 29.3 Å². The number of carboxylic acids is 1. The molecule has 0 aromatic heterocycles. The number of halogens is 3. The molecule has 16 heavy (non-hydrogen) atoms. The Balaban J connectivity index is 2.41. The first-order valence-electron chi connectivity index (χ1n) is 4.69. The van der Waals surface area contributed by atoms with Crippen molar-refractivity contribution in [3.63, 3.8) is 0 Å². The van der Waals surface area contributed by atoms with Crippen LogP contribution in [-0.4, -0.2) is 17.0 Å². The van der Waals surface area contributed by atoms with Gasteiger partial charge in [0.1, 0.15) is 5.82 Å². The van der Waals surface area contributed by atoms with Gasteiger partial charge in [-0.25, -0.2) is 18.0 Å². The summed E-state index contributed by atoms with van der Waals surface area (Å²) in [6.45, 7) is 1.34. The molecule has 2 rings (SSSR count). The van der Waals surface area contributed by atoms with Crippen molar-refractivity contribution < 1.29 is 23.1 Å².